The Kier molecular flexibility index (Phi) is 7.30. The lowest BCUT2D eigenvalue weighted by Crippen LogP contribution is -2.27. The lowest BCUT2D eigenvalue weighted by atomic mass is 10.1. The van der Waals surface area contributed by atoms with Gasteiger partial charge in [-0.15, -0.1) is 0 Å². The van der Waals surface area contributed by atoms with Crippen molar-refractivity contribution in [2.24, 2.45) is 0 Å². The van der Waals surface area contributed by atoms with Crippen LogP contribution in [0.15, 0.2) is 48.5 Å². The van der Waals surface area contributed by atoms with Gasteiger partial charge in [0.1, 0.15) is 5.60 Å². The molecular formula is C22H24N2O6. The molecule has 0 heterocycles. The average molecular weight is 412 g/mol. The number of carbonyl (C=O) groups is 4. The zero-order valence-corrected chi connectivity index (χ0v) is 17.3. The minimum absolute atomic E-state index is 0.127. The predicted molar refractivity (Wildman–Crippen MR) is 112 cm³/mol. The number of nitrogens with one attached hydrogen (secondary N) is 2. The third kappa shape index (κ3) is 7.38. The van der Waals surface area contributed by atoms with Crippen LogP contribution in [0.25, 0.3) is 0 Å². The third-order valence-corrected chi connectivity index (χ3v) is 3.63. The number of rotatable bonds is 6. The van der Waals surface area contributed by atoms with Crippen molar-refractivity contribution >= 4 is 35.1 Å². The summed E-state index contributed by atoms with van der Waals surface area (Å²) in [6, 6.07) is 12.5. The summed E-state index contributed by atoms with van der Waals surface area (Å²) in [5, 5.41) is 5.09. The normalized spacial score (nSPS) is 10.7. The molecule has 0 unspecified atom stereocenters. The fraction of sp³-hybridized carbons (Fsp3) is 0.273. The standard InChI is InChI=1S/C22H24N2O6/c1-14(25)15-7-5-9-17(11-15)23-19(26)13-29-20(27)16-8-6-10-18(12-16)24-21(28)30-22(2,3)4/h5-12H,13H2,1-4H3,(H,23,26)(H,24,28). The van der Waals surface area contributed by atoms with Crippen LogP contribution < -0.4 is 10.6 Å². The van der Waals surface area contributed by atoms with Crippen molar-refractivity contribution in [3.8, 4) is 0 Å². The smallest absolute Gasteiger partial charge is 0.412 e. The van der Waals surface area contributed by atoms with Crippen molar-refractivity contribution in [3.05, 3.63) is 59.7 Å². The molecule has 30 heavy (non-hydrogen) atoms. The fourth-order valence-corrected chi connectivity index (χ4v) is 2.37. The van der Waals surface area contributed by atoms with E-state index in [0.717, 1.165) is 0 Å². The third-order valence-electron chi connectivity index (χ3n) is 3.63. The zero-order chi connectivity index (χ0) is 22.3. The van der Waals surface area contributed by atoms with Gasteiger partial charge >= 0.3 is 12.1 Å². The Morgan fingerprint density at radius 2 is 1.43 bits per heavy atom. The lowest BCUT2D eigenvalue weighted by molar-refractivity contribution is -0.119. The first kappa shape index (κ1) is 22.6. The number of esters is 1. The van der Waals surface area contributed by atoms with Crippen molar-refractivity contribution in [1.82, 2.24) is 0 Å². The van der Waals surface area contributed by atoms with E-state index in [0.29, 0.717) is 16.9 Å². The number of carbonyl (C=O) groups excluding carboxylic acids is 4. The fourth-order valence-electron chi connectivity index (χ4n) is 2.37. The predicted octanol–water partition coefficient (Wildman–Crippen LogP) is 4.03. The summed E-state index contributed by atoms with van der Waals surface area (Å²) in [7, 11) is 0. The Hall–Kier alpha value is -3.68. The van der Waals surface area contributed by atoms with Gasteiger partial charge in [0.25, 0.3) is 5.91 Å². The zero-order valence-electron chi connectivity index (χ0n) is 17.3. The highest BCUT2D eigenvalue weighted by atomic mass is 16.6. The average Bonchev–Trinajstić information content (AvgIpc) is 2.65. The van der Waals surface area contributed by atoms with E-state index in [1.807, 2.05) is 0 Å². The topological polar surface area (TPSA) is 111 Å². The number of ether oxygens (including phenoxy) is 2. The highest BCUT2D eigenvalue weighted by Gasteiger charge is 2.17. The van der Waals surface area contributed by atoms with Crippen LogP contribution in [0.2, 0.25) is 0 Å². The molecule has 0 atom stereocenters. The number of benzene rings is 2. The highest BCUT2D eigenvalue weighted by molar-refractivity contribution is 5.98. The molecule has 0 saturated heterocycles. The molecule has 0 spiro atoms. The first-order chi connectivity index (χ1) is 14.0. The van der Waals surface area contributed by atoms with Gasteiger partial charge in [0.05, 0.1) is 5.56 Å². The first-order valence-corrected chi connectivity index (χ1v) is 9.21. The second kappa shape index (κ2) is 9.69. The van der Waals surface area contributed by atoms with Crippen LogP contribution >= 0.6 is 0 Å². The molecule has 158 valence electrons. The molecule has 0 aliphatic rings. The Balaban J connectivity index is 1.91. The SMILES string of the molecule is CC(=O)c1cccc(NC(=O)COC(=O)c2cccc(NC(=O)OC(C)(C)C)c2)c1. The number of amides is 2. The number of Topliss-reactive ketones (excluding diaryl/α,β-unsaturated/α-hetero) is 1. The molecule has 2 aromatic carbocycles. The Morgan fingerprint density at radius 1 is 0.867 bits per heavy atom. The molecule has 0 aromatic heterocycles. The molecule has 0 aliphatic heterocycles. The van der Waals surface area contributed by atoms with Gasteiger partial charge in [-0.2, -0.15) is 0 Å². The van der Waals surface area contributed by atoms with Gasteiger partial charge < -0.3 is 14.8 Å². The summed E-state index contributed by atoms with van der Waals surface area (Å²) in [4.78, 5) is 47.5. The molecule has 0 radical (unpaired) electrons. The summed E-state index contributed by atoms with van der Waals surface area (Å²) in [6.07, 6.45) is -0.653. The highest BCUT2D eigenvalue weighted by Crippen LogP contribution is 2.15. The van der Waals surface area contributed by atoms with Crippen LogP contribution in [-0.4, -0.2) is 36.0 Å². The Morgan fingerprint density at radius 3 is 2.03 bits per heavy atom. The van der Waals surface area contributed by atoms with Crippen LogP contribution in [0.1, 0.15) is 48.4 Å². The molecular weight excluding hydrogens is 388 g/mol. The summed E-state index contributed by atoms with van der Waals surface area (Å²) >= 11 is 0. The molecule has 0 fully saturated rings. The van der Waals surface area contributed by atoms with Gasteiger partial charge in [-0.05, 0) is 58.0 Å². The van der Waals surface area contributed by atoms with Crippen LogP contribution in [0, 0.1) is 0 Å². The maximum Gasteiger partial charge on any atom is 0.412 e. The lowest BCUT2D eigenvalue weighted by Gasteiger charge is -2.19. The second-order valence-corrected chi connectivity index (χ2v) is 7.47. The second-order valence-electron chi connectivity index (χ2n) is 7.47. The summed E-state index contributed by atoms with van der Waals surface area (Å²) in [6.45, 7) is 6.13. The quantitative estimate of drug-likeness (QED) is 0.547. The maximum absolute atomic E-state index is 12.2. The number of hydrogen-bond donors (Lipinski definition) is 2. The van der Waals surface area contributed by atoms with Gasteiger partial charge in [0, 0.05) is 16.9 Å². The van der Waals surface area contributed by atoms with Crippen LogP contribution in [-0.2, 0) is 14.3 Å². The number of hydrogen-bond acceptors (Lipinski definition) is 6. The minimum Gasteiger partial charge on any atom is -0.452 e. The molecule has 2 amide bonds. The van der Waals surface area contributed by atoms with E-state index < -0.39 is 30.2 Å². The van der Waals surface area contributed by atoms with E-state index in [9.17, 15) is 19.2 Å². The van der Waals surface area contributed by atoms with Crippen LogP contribution in [0.5, 0.6) is 0 Å². The van der Waals surface area contributed by atoms with Crippen LogP contribution in [0.4, 0.5) is 16.2 Å². The molecule has 8 nitrogen and oxygen atoms in total. The van der Waals surface area contributed by atoms with Crippen molar-refractivity contribution in [3.63, 3.8) is 0 Å². The molecule has 8 heteroatoms. The van der Waals surface area contributed by atoms with Gasteiger partial charge in [0.15, 0.2) is 12.4 Å². The molecule has 0 aliphatic carbocycles. The van der Waals surface area contributed by atoms with Gasteiger partial charge in [-0.3, -0.25) is 14.9 Å². The minimum atomic E-state index is -0.726. The first-order valence-electron chi connectivity index (χ1n) is 9.21. The van der Waals surface area contributed by atoms with Crippen molar-refractivity contribution in [2.75, 3.05) is 17.2 Å². The van der Waals surface area contributed by atoms with E-state index in [1.165, 1.54) is 25.1 Å². The van der Waals surface area contributed by atoms with Crippen LogP contribution in [0.3, 0.4) is 0 Å². The van der Waals surface area contributed by atoms with E-state index in [4.69, 9.17) is 9.47 Å². The van der Waals surface area contributed by atoms with Crippen molar-refractivity contribution < 1.29 is 28.7 Å². The molecule has 2 rings (SSSR count). The van der Waals surface area contributed by atoms with E-state index in [1.54, 1.807) is 51.1 Å². The van der Waals surface area contributed by atoms with E-state index >= 15 is 0 Å². The number of ketones is 1. The van der Waals surface area contributed by atoms with Crippen molar-refractivity contribution in [2.45, 2.75) is 33.3 Å². The summed E-state index contributed by atoms with van der Waals surface area (Å²) < 4.78 is 10.2. The van der Waals surface area contributed by atoms with E-state index in [2.05, 4.69) is 10.6 Å². The van der Waals surface area contributed by atoms with Gasteiger partial charge in [-0.25, -0.2) is 9.59 Å². The Bertz CT molecular complexity index is 962. The maximum atomic E-state index is 12.2. The number of anilines is 2. The van der Waals surface area contributed by atoms with Crippen molar-refractivity contribution in [1.29, 1.82) is 0 Å². The summed E-state index contributed by atoms with van der Waals surface area (Å²) in [5.41, 5.74) is 0.739. The largest absolute Gasteiger partial charge is 0.452 e. The summed E-state index contributed by atoms with van der Waals surface area (Å²) in [5.74, 6) is -1.40. The van der Waals surface area contributed by atoms with Gasteiger partial charge in [0.2, 0.25) is 0 Å². The van der Waals surface area contributed by atoms with E-state index in [-0.39, 0.29) is 11.3 Å². The van der Waals surface area contributed by atoms with Gasteiger partial charge in [-0.1, -0.05) is 18.2 Å². The molecule has 0 saturated carbocycles. The monoisotopic (exact) mass is 412 g/mol. The molecule has 2 aromatic rings. The molecule has 0 bridgehead atoms. The molecule has 2 N–H and O–H groups in total. The Labute approximate surface area is 174 Å².